The summed E-state index contributed by atoms with van der Waals surface area (Å²) < 4.78 is 5.62. The van der Waals surface area contributed by atoms with Crippen LogP contribution in [0.3, 0.4) is 0 Å². The predicted octanol–water partition coefficient (Wildman–Crippen LogP) is 3.55. The molecule has 0 atom stereocenters. The Bertz CT molecular complexity index is 1010. The fourth-order valence-electron chi connectivity index (χ4n) is 3.87. The number of aliphatic hydroxyl groups excluding tert-OH is 1. The predicted molar refractivity (Wildman–Crippen MR) is 131 cm³/mol. The normalized spacial score (nSPS) is 15.5. The zero-order valence-corrected chi connectivity index (χ0v) is 19.2. The summed E-state index contributed by atoms with van der Waals surface area (Å²) in [6.45, 7) is 6.82. The van der Waals surface area contributed by atoms with Crippen LogP contribution in [0, 0.1) is 0 Å². The highest BCUT2D eigenvalue weighted by Crippen LogP contribution is 2.18. The van der Waals surface area contributed by atoms with E-state index in [0.717, 1.165) is 61.8 Å². The number of oxazole rings is 1. The van der Waals surface area contributed by atoms with Crippen LogP contribution in [-0.2, 0) is 19.6 Å². The van der Waals surface area contributed by atoms with Gasteiger partial charge in [0.1, 0.15) is 6.26 Å². The van der Waals surface area contributed by atoms with Gasteiger partial charge in [0.2, 0.25) is 5.89 Å². The molecule has 2 heterocycles. The molecule has 0 saturated carbocycles. The van der Waals surface area contributed by atoms with E-state index in [-0.39, 0.29) is 6.10 Å². The van der Waals surface area contributed by atoms with Crippen LogP contribution in [-0.4, -0.2) is 46.7 Å². The Morgan fingerprint density at radius 1 is 1.06 bits per heavy atom. The Hall–Kier alpha value is -3.16. The van der Waals surface area contributed by atoms with Crippen LogP contribution in [0.2, 0.25) is 0 Å². The molecular weight excluding hydrogens is 414 g/mol. The molecular formula is C26H33N5O2. The van der Waals surface area contributed by atoms with Crippen molar-refractivity contribution in [1.82, 2.24) is 20.5 Å². The zero-order chi connectivity index (χ0) is 22.9. The summed E-state index contributed by atoms with van der Waals surface area (Å²) in [6.07, 6.45) is 3.29. The van der Waals surface area contributed by atoms with Crippen LogP contribution < -0.4 is 10.6 Å². The van der Waals surface area contributed by atoms with E-state index < -0.39 is 0 Å². The molecule has 0 bridgehead atoms. The molecule has 7 nitrogen and oxygen atoms in total. The first kappa shape index (κ1) is 23.0. The molecule has 0 spiro atoms. The molecule has 1 aromatic heterocycles. The van der Waals surface area contributed by atoms with E-state index in [1.807, 2.05) is 30.3 Å². The van der Waals surface area contributed by atoms with E-state index in [4.69, 9.17) is 9.41 Å². The Morgan fingerprint density at radius 2 is 1.79 bits per heavy atom. The van der Waals surface area contributed by atoms with Crippen molar-refractivity contribution in [2.75, 3.05) is 19.6 Å². The van der Waals surface area contributed by atoms with Gasteiger partial charge in [0.25, 0.3) is 0 Å². The van der Waals surface area contributed by atoms with Gasteiger partial charge in [-0.25, -0.2) is 9.98 Å². The molecule has 1 aliphatic heterocycles. The van der Waals surface area contributed by atoms with Gasteiger partial charge in [-0.15, -0.1) is 0 Å². The summed E-state index contributed by atoms with van der Waals surface area (Å²) in [5.41, 5.74) is 4.25. The van der Waals surface area contributed by atoms with Gasteiger partial charge in [-0.2, -0.15) is 0 Å². The monoisotopic (exact) mass is 447 g/mol. The minimum absolute atomic E-state index is 0.128. The second kappa shape index (κ2) is 11.6. The molecule has 2 aromatic carbocycles. The smallest absolute Gasteiger partial charge is 0.226 e. The number of nitrogens with zero attached hydrogens (tertiary/aromatic N) is 3. The molecule has 0 radical (unpaired) electrons. The lowest BCUT2D eigenvalue weighted by atomic mass is 10.1. The number of piperidine rings is 1. The topological polar surface area (TPSA) is 85.9 Å². The van der Waals surface area contributed by atoms with Crippen LogP contribution in [0.15, 0.2) is 70.3 Å². The summed E-state index contributed by atoms with van der Waals surface area (Å²) in [5, 5.41) is 16.3. The van der Waals surface area contributed by atoms with Crippen molar-refractivity contribution >= 4 is 5.96 Å². The first-order valence-corrected chi connectivity index (χ1v) is 11.7. The lowest BCUT2D eigenvalue weighted by Gasteiger charge is -2.29. The van der Waals surface area contributed by atoms with Crippen LogP contribution in [0.4, 0.5) is 0 Å². The van der Waals surface area contributed by atoms with E-state index >= 15 is 0 Å². The van der Waals surface area contributed by atoms with Crippen molar-refractivity contribution < 1.29 is 9.52 Å². The second-order valence-electron chi connectivity index (χ2n) is 8.38. The summed E-state index contributed by atoms with van der Waals surface area (Å²) in [5.74, 6) is 1.37. The van der Waals surface area contributed by atoms with Crippen molar-refractivity contribution in [1.29, 1.82) is 0 Å². The van der Waals surface area contributed by atoms with Gasteiger partial charge in [0.05, 0.1) is 24.9 Å². The summed E-state index contributed by atoms with van der Waals surface area (Å²) in [7, 11) is 0. The number of aliphatic hydroxyl groups is 1. The first-order valence-electron chi connectivity index (χ1n) is 11.7. The number of benzene rings is 2. The van der Waals surface area contributed by atoms with E-state index in [1.54, 1.807) is 6.26 Å². The molecule has 1 fully saturated rings. The molecule has 0 aliphatic carbocycles. The number of rotatable bonds is 8. The molecule has 1 saturated heterocycles. The zero-order valence-electron chi connectivity index (χ0n) is 19.2. The quantitative estimate of drug-likeness (QED) is 0.362. The molecule has 0 amide bonds. The molecule has 0 unspecified atom stereocenters. The fraction of sp³-hybridized carbons (Fsp3) is 0.385. The minimum atomic E-state index is -0.128. The van der Waals surface area contributed by atoms with Crippen molar-refractivity contribution in [2.45, 2.75) is 45.5 Å². The number of aliphatic imine (C=N–C) groups is 1. The summed E-state index contributed by atoms with van der Waals surface area (Å²) in [6, 6.07) is 18.5. The first-order chi connectivity index (χ1) is 16.2. The SMILES string of the molecule is CCNC(=NCc1ccc(CN2CCC(O)CC2)cc1)NCc1coc(-c2ccccc2)n1. The van der Waals surface area contributed by atoms with Crippen molar-refractivity contribution in [3.63, 3.8) is 0 Å². The highest BCUT2D eigenvalue weighted by molar-refractivity contribution is 5.79. The Morgan fingerprint density at radius 3 is 2.52 bits per heavy atom. The molecule has 7 heteroatoms. The van der Waals surface area contributed by atoms with Crippen LogP contribution in [0.25, 0.3) is 11.5 Å². The maximum atomic E-state index is 9.67. The van der Waals surface area contributed by atoms with Crippen molar-refractivity contribution in [3.05, 3.63) is 77.7 Å². The van der Waals surface area contributed by atoms with Crippen LogP contribution in [0.1, 0.15) is 36.6 Å². The second-order valence-corrected chi connectivity index (χ2v) is 8.38. The maximum Gasteiger partial charge on any atom is 0.226 e. The summed E-state index contributed by atoms with van der Waals surface area (Å²) >= 11 is 0. The van der Waals surface area contributed by atoms with E-state index in [0.29, 0.717) is 19.0 Å². The fourth-order valence-corrected chi connectivity index (χ4v) is 3.87. The largest absolute Gasteiger partial charge is 0.444 e. The Labute approximate surface area is 195 Å². The molecule has 4 rings (SSSR count). The van der Waals surface area contributed by atoms with Gasteiger partial charge >= 0.3 is 0 Å². The van der Waals surface area contributed by atoms with Gasteiger partial charge in [-0.05, 0) is 43.0 Å². The van der Waals surface area contributed by atoms with E-state index in [2.05, 4.69) is 51.7 Å². The van der Waals surface area contributed by atoms with Gasteiger partial charge in [-0.3, -0.25) is 4.90 Å². The van der Waals surface area contributed by atoms with Crippen molar-refractivity contribution in [2.24, 2.45) is 4.99 Å². The third kappa shape index (κ3) is 6.91. The third-order valence-electron chi connectivity index (χ3n) is 5.76. The average molecular weight is 448 g/mol. The van der Waals surface area contributed by atoms with E-state index in [1.165, 1.54) is 5.56 Å². The lowest BCUT2D eigenvalue weighted by Crippen LogP contribution is -2.36. The highest BCUT2D eigenvalue weighted by atomic mass is 16.3. The molecule has 3 aromatic rings. The van der Waals surface area contributed by atoms with E-state index in [9.17, 15) is 5.11 Å². The molecule has 3 N–H and O–H groups in total. The number of nitrogens with one attached hydrogen (secondary N) is 2. The Kier molecular flexibility index (Phi) is 8.11. The van der Waals surface area contributed by atoms with Gasteiger partial charge in [0.15, 0.2) is 5.96 Å². The maximum absolute atomic E-state index is 9.67. The van der Waals surface area contributed by atoms with Gasteiger partial charge in [-0.1, -0.05) is 42.5 Å². The Balaban J connectivity index is 1.29. The summed E-state index contributed by atoms with van der Waals surface area (Å²) in [4.78, 5) is 11.7. The average Bonchev–Trinajstić information content (AvgIpc) is 3.33. The molecule has 33 heavy (non-hydrogen) atoms. The third-order valence-corrected chi connectivity index (χ3v) is 5.76. The number of hydrogen-bond donors (Lipinski definition) is 3. The number of aromatic nitrogens is 1. The minimum Gasteiger partial charge on any atom is -0.444 e. The number of guanidine groups is 1. The lowest BCUT2D eigenvalue weighted by molar-refractivity contribution is 0.0792. The van der Waals surface area contributed by atoms with Crippen LogP contribution in [0.5, 0.6) is 0 Å². The van der Waals surface area contributed by atoms with Crippen molar-refractivity contribution in [3.8, 4) is 11.5 Å². The number of hydrogen-bond acceptors (Lipinski definition) is 5. The molecule has 1 aliphatic rings. The highest BCUT2D eigenvalue weighted by Gasteiger charge is 2.16. The van der Waals surface area contributed by atoms with Gasteiger partial charge in [0, 0.05) is 31.7 Å². The standard InChI is InChI=1S/C26H33N5O2/c1-2-27-26(29-17-23-19-33-25(30-23)22-6-4-3-5-7-22)28-16-20-8-10-21(11-9-20)18-31-14-12-24(32)13-15-31/h3-11,19,24,32H,2,12-18H2,1H3,(H2,27,28,29). The van der Waals surface area contributed by atoms with Crippen LogP contribution >= 0.6 is 0 Å². The number of likely N-dealkylation sites (tertiary alicyclic amines) is 1. The van der Waals surface area contributed by atoms with Gasteiger partial charge < -0.3 is 20.2 Å². The molecule has 174 valence electrons.